The van der Waals surface area contributed by atoms with Gasteiger partial charge in [0.1, 0.15) is 5.75 Å². The van der Waals surface area contributed by atoms with Crippen molar-refractivity contribution >= 4 is 10.0 Å². The van der Waals surface area contributed by atoms with Crippen molar-refractivity contribution in [3.05, 3.63) is 41.8 Å². The number of nitrogens with one attached hydrogen (secondary N) is 1. The zero-order valence-corrected chi connectivity index (χ0v) is 16.0. The van der Waals surface area contributed by atoms with Gasteiger partial charge >= 0.3 is 0 Å². The van der Waals surface area contributed by atoms with Crippen LogP contribution in [0.4, 0.5) is 0 Å². The van der Waals surface area contributed by atoms with E-state index in [2.05, 4.69) is 14.8 Å². The molecule has 142 valence electrons. The summed E-state index contributed by atoms with van der Waals surface area (Å²) < 4.78 is 38.0. The van der Waals surface area contributed by atoms with Gasteiger partial charge < -0.3 is 9.26 Å². The van der Waals surface area contributed by atoms with E-state index in [1.165, 1.54) is 0 Å². The molecule has 1 fully saturated rings. The highest BCUT2D eigenvalue weighted by molar-refractivity contribution is 7.89. The van der Waals surface area contributed by atoms with Crippen molar-refractivity contribution in [2.24, 2.45) is 5.92 Å². The number of nitrogens with zero attached hydrogens (tertiary/aromatic N) is 2. The first-order valence-electron chi connectivity index (χ1n) is 8.74. The van der Waals surface area contributed by atoms with E-state index in [4.69, 9.17) is 9.26 Å². The highest BCUT2D eigenvalue weighted by atomic mass is 32.2. The van der Waals surface area contributed by atoms with Crippen LogP contribution in [0.5, 0.6) is 5.75 Å². The molecule has 0 spiro atoms. The number of piperidine rings is 1. The van der Waals surface area contributed by atoms with E-state index < -0.39 is 10.0 Å². The summed E-state index contributed by atoms with van der Waals surface area (Å²) in [6, 6.07) is 8.35. The summed E-state index contributed by atoms with van der Waals surface area (Å²) in [5.41, 5.74) is 0.876. The molecule has 8 heteroatoms. The molecule has 3 rings (SSSR count). The Balaban J connectivity index is 1.54. The molecule has 7 nitrogen and oxygen atoms in total. The Kier molecular flexibility index (Phi) is 5.95. The molecule has 0 bridgehead atoms. The van der Waals surface area contributed by atoms with E-state index in [0.29, 0.717) is 18.8 Å². The van der Waals surface area contributed by atoms with E-state index in [-0.39, 0.29) is 10.8 Å². The molecule has 0 saturated carbocycles. The van der Waals surface area contributed by atoms with Gasteiger partial charge in [0.2, 0.25) is 10.0 Å². The first kappa shape index (κ1) is 18.9. The Bertz CT molecular complexity index is 817. The number of benzene rings is 1. The van der Waals surface area contributed by atoms with Gasteiger partial charge in [0, 0.05) is 19.2 Å². The topological polar surface area (TPSA) is 84.7 Å². The first-order chi connectivity index (χ1) is 12.5. The van der Waals surface area contributed by atoms with Crippen molar-refractivity contribution in [2.45, 2.75) is 31.2 Å². The van der Waals surface area contributed by atoms with E-state index in [1.54, 1.807) is 31.4 Å². The Morgan fingerprint density at radius 2 is 2.12 bits per heavy atom. The van der Waals surface area contributed by atoms with Gasteiger partial charge in [-0.1, -0.05) is 5.16 Å². The molecule has 1 saturated heterocycles. The van der Waals surface area contributed by atoms with Gasteiger partial charge in [-0.2, -0.15) is 0 Å². The quantitative estimate of drug-likeness (QED) is 0.794. The van der Waals surface area contributed by atoms with Crippen molar-refractivity contribution in [1.82, 2.24) is 14.8 Å². The normalized spacial score (nSPS) is 18.8. The number of hydrogen-bond acceptors (Lipinski definition) is 6. The number of sulfonamides is 1. The lowest BCUT2D eigenvalue weighted by Gasteiger charge is -2.32. The van der Waals surface area contributed by atoms with Gasteiger partial charge in [0.25, 0.3) is 0 Å². The van der Waals surface area contributed by atoms with Crippen LogP contribution in [0.15, 0.2) is 39.8 Å². The number of hydrogen-bond donors (Lipinski definition) is 1. The van der Waals surface area contributed by atoms with Crippen molar-refractivity contribution in [2.75, 3.05) is 26.7 Å². The van der Waals surface area contributed by atoms with Crippen LogP contribution >= 0.6 is 0 Å². The number of likely N-dealkylation sites (tertiary alicyclic amines) is 1. The van der Waals surface area contributed by atoms with Crippen molar-refractivity contribution in [3.8, 4) is 5.75 Å². The molecule has 1 aromatic carbocycles. The largest absolute Gasteiger partial charge is 0.497 e. The summed E-state index contributed by atoms with van der Waals surface area (Å²) in [6.07, 6.45) is 2.05. The van der Waals surface area contributed by atoms with Crippen LogP contribution in [-0.2, 0) is 16.6 Å². The van der Waals surface area contributed by atoms with Crippen LogP contribution in [0.2, 0.25) is 0 Å². The van der Waals surface area contributed by atoms with Gasteiger partial charge in [-0.05, 0) is 56.5 Å². The van der Waals surface area contributed by atoms with E-state index >= 15 is 0 Å². The second kappa shape index (κ2) is 8.20. The fraction of sp³-hybridized carbons (Fsp3) is 0.500. The van der Waals surface area contributed by atoms with Crippen LogP contribution in [0.25, 0.3) is 0 Å². The summed E-state index contributed by atoms with van der Waals surface area (Å²) in [5.74, 6) is 1.76. The van der Waals surface area contributed by atoms with Gasteiger partial charge in [-0.3, -0.25) is 4.90 Å². The molecule has 0 aliphatic carbocycles. The fourth-order valence-electron chi connectivity index (χ4n) is 3.24. The number of methoxy groups -OCH3 is 1. The van der Waals surface area contributed by atoms with E-state index in [0.717, 1.165) is 37.4 Å². The maximum atomic E-state index is 12.5. The van der Waals surface area contributed by atoms with Crippen LogP contribution < -0.4 is 9.46 Å². The Hall–Kier alpha value is -1.90. The number of rotatable bonds is 7. The molecule has 2 aromatic rings. The van der Waals surface area contributed by atoms with Crippen LogP contribution in [0, 0.1) is 12.8 Å². The molecular formula is C18H25N3O4S. The standard InChI is InChI=1S/C18H25N3O4S/c1-14-10-17(25-20-14)13-21-9-3-4-15(12-21)11-19-26(22,23)18-7-5-16(24-2)6-8-18/h5-8,10,15,19H,3-4,9,11-13H2,1-2H3. The maximum Gasteiger partial charge on any atom is 0.240 e. The molecule has 26 heavy (non-hydrogen) atoms. The second-order valence-corrected chi connectivity index (χ2v) is 8.47. The maximum absolute atomic E-state index is 12.5. The highest BCUT2D eigenvalue weighted by Crippen LogP contribution is 2.20. The predicted octanol–water partition coefficient (Wildman–Crippen LogP) is 2.18. The van der Waals surface area contributed by atoms with Crippen molar-refractivity contribution in [3.63, 3.8) is 0 Å². The third kappa shape index (κ3) is 4.84. The van der Waals surface area contributed by atoms with Gasteiger partial charge in [0.15, 0.2) is 5.76 Å². The third-order valence-electron chi connectivity index (χ3n) is 4.59. The molecule has 1 aliphatic heterocycles. The Morgan fingerprint density at radius 3 is 2.77 bits per heavy atom. The molecule has 1 unspecified atom stereocenters. The fourth-order valence-corrected chi connectivity index (χ4v) is 4.35. The minimum Gasteiger partial charge on any atom is -0.497 e. The molecule has 0 amide bonds. The third-order valence-corrected chi connectivity index (χ3v) is 6.03. The van der Waals surface area contributed by atoms with Gasteiger partial charge in [0.05, 0.1) is 24.2 Å². The molecule has 1 aliphatic rings. The lowest BCUT2D eigenvalue weighted by Crippen LogP contribution is -2.40. The lowest BCUT2D eigenvalue weighted by molar-refractivity contribution is 0.154. The molecule has 2 heterocycles. The SMILES string of the molecule is COc1ccc(S(=O)(=O)NCC2CCCN(Cc3cc(C)no3)C2)cc1. The van der Waals surface area contributed by atoms with E-state index in [1.807, 2.05) is 13.0 Å². The molecule has 1 N–H and O–H groups in total. The first-order valence-corrected chi connectivity index (χ1v) is 10.2. The number of ether oxygens (including phenoxy) is 1. The van der Waals surface area contributed by atoms with Gasteiger partial charge in [-0.15, -0.1) is 0 Å². The monoisotopic (exact) mass is 379 g/mol. The summed E-state index contributed by atoms with van der Waals surface area (Å²) in [7, 11) is -1.96. The summed E-state index contributed by atoms with van der Waals surface area (Å²) in [5, 5.41) is 3.91. The average molecular weight is 379 g/mol. The van der Waals surface area contributed by atoms with Crippen molar-refractivity contribution in [1.29, 1.82) is 0 Å². The smallest absolute Gasteiger partial charge is 0.240 e. The van der Waals surface area contributed by atoms with Crippen molar-refractivity contribution < 1.29 is 17.7 Å². The minimum atomic E-state index is -3.51. The summed E-state index contributed by atoms with van der Waals surface area (Å²) >= 11 is 0. The van der Waals surface area contributed by atoms with Crippen LogP contribution in [0.1, 0.15) is 24.3 Å². The molecule has 1 aromatic heterocycles. The second-order valence-electron chi connectivity index (χ2n) is 6.71. The molecule has 1 atom stereocenters. The average Bonchev–Trinajstić information content (AvgIpc) is 3.05. The van der Waals surface area contributed by atoms with Gasteiger partial charge in [-0.25, -0.2) is 13.1 Å². The van der Waals surface area contributed by atoms with Crippen LogP contribution in [0.3, 0.4) is 0 Å². The minimum absolute atomic E-state index is 0.253. The predicted molar refractivity (Wildman–Crippen MR) is 97.4 cm³/mol. The summed E-state index contributed by atoms with van der Waals surface area (Å²) in [4.78, 5) is 2.54. The van der Waals surface area contributed by atoms with E-state index in [9.17, 15) is 8.42 Å². The van der Waals surface area contributed by atoms with Crippen LogP contribution in [-0.4, -0.2) is 45.2 Å². The highest BCUT2D eigenvalue weighted by Gasteiger charge is 2.23. The number of aryl methyl sites for hydroxylation is 1. The summed E-state index contributed by atoms with van der Waals surface area (Å²) in [6.45, 7) is 4.87. The Labute approximate surface area is 154 Å². The molecule has 0 radical (unpaired) electrons. The molecular weight excluding hydrogens is 354 g/mol. The lowest BCUT2D eigenvalue weighted by atomic mass is 9.98. The zero-order chi connectivity index (χ0) is 18.6. The Morgan fingerprint density at radius 1 is 1.35 bits per heavy atom. The number of aromatic nitrogens is 1. The zero-order valence-electron chi connectivity index (χ0n) is 15.1.